The van der Waals surface area contributed by atoms with E-state index in [1.165, 1.54) is 0 Å². The molecule has 0 saturated carbocycles. The van der Waals surface area contributed by atoms with Gasteiger partial charge in [-0.1, -0.05) is 12.1 Å². The van der Waals surface area contributed by atoms with Gasteiger partial charge < -0.3 is 17.7 Å². The summed E-state index contributed by atoms with van der Waals surface area (Å²) in [6.45, 7) is -0.721. The molecule has 1 rings (SSSR count). The van der Waals surface area contributed by atoms with Crippen LogP contribution < -0.4 is 4.74 Å². The van der Waals surface area contributed by atoms with E-state index < -0.39 is 19.1 Å². The zero-order valence-electron chi connectivity index (χ0n) is 8.34. The summed E-state index contributed by atoms with van der Waals surface area (Å²) in [5, 5.41) is 0. The fraction of sp³-hybridized carbons (Fsp3) is 0.200. The number of halogens is 3. The van der Waals surface area contributed by atoms with Crippen molar-refractivity contribution in [2.24, 2.45) is 0 Å². The van der Waals surface area contributed by atoms with Gasteiger partial charge in [0.15, 0.2) is 0 Å². The Balaban J connectivity index is 2.55. The van der Waals surface area contributed by atoms with Crippen molar-refractivity contribution in [1.82, 2.24) is 0 Å². The number of aryl methyl sites for hydroxylation is 1. The summed E-state index contributed by atoms with van der Waals surface area (Å²) in [7, 11) is 0. The Morgan fingerprint density at radius 2 is 2.07 bits per heavy atom. The highest BCUT2D eigenvalue weighted by molar-refractivity contribution is 6.66. The second kappa shape index (κ2) is 4.42. The molecule has 0 aliphatic rings. The number of benzene rings is 1. The maximum Gasteiger partial charge on any atom is 0.508 e. The fourth-order valence-electron chi connectivity index (χ4n) is 0.976. The fourth-order valence-corrected chi connectivity index (χ4v) is 0.976. The predicted molar refractivity (Wildman–Crippen MR) is 54.9 cm³/mol. The van der Waals surface area contributed by atoms with E-state index in [1.54, 1.807) is 18.2 Å². The highest BCUT2D eigenvalue weighted by Gasteiger charge is 2.26. The van der Waals surface area contributed by atoms with Crippen molar-refractivity contribution >= 4 is 6.98 Å². The largest absolute Gasteiger partial charge is 0.508 e. The van der Waals surface area contributed by atoms with Crippen molar-refractivity contribution in [1.29, 1.82) is 0 Å². The summed E-state index contributed by atoms with van der Waals surface area (Å²) in [6.07, 6.45) is 0. The van der Waals surface area contributed by atoms with Crippen LogP contribution in [0, 0.1) is 6.92 Å². The minimum atomic E-state index is -5.00. The summed E-state index contributed by atoms with van der Waals surface area (Å²) in [6, 6.07) is 6.86. The van der Waals surface area contributed by atoms with Gasteiger partial charge in [0.1, 0.15) is 5.75 Å². The number of ether oxygens (including phenoxy) is 1. The molecule has 0 fully saturated rings. The van der Waals surface area contributed by atoms with E-state index in [0.717, 1.165) is 5.56 Å². The number of hydrogen-bond donors (Lipinski definition) is 0. The van der Waals surface area contributed by atoms with Gasteiger partial charge >= 0.3 is 6.98 Å². The molecule has 0 bridgehead atoms. The zero-order chi connectivity index (χ0) is 11.5. The van der Waals surface area contributed by atoms with E-state index in [-0.39, 0.29) is 0 Å². The van der Waals surface area contributed by atoms with E-state index in [1.807, 2.05) is 13.0 Å². The zero-order valence-corrected chi connectivity index (χ0v) is 8.34. The molecule has 15 heavy (non-hydrogen) atoms. The van der Waals surface area contributed by atoms with Crippen molar-refractivity contribution in [2.45, 2.75) is 6.92 Å². The van der Waals surface area contributed by atoms with Crippen LogP contribution in [0.15, 0.2) is 36.3 Å². The Hall–Kier alpha value is -1.39. The highest BCUT2D eigenvalue weighted by Crippen LogP contribution is 2.20. The molecule has 0 unspecified atom stereocenters. The number of hydrogen-bond acceptors (Lipinski definition) is 1. The average Bonchev–Trinajstić information content (AvgIpc) is 2.12. The Kier molecular flexibility index (Phi) is 3.45. The van der Waals surface area contributed by atoms with Crippen LogP contribution in [0.1, 0.15) is 5.56 Å². The monoisotopic (exact) mass is 215 g/mol. The molecular weight excluding hydrogens is 204 g/mol. The SMILES string of the molecule is C=C(COc1cccc(C)c1)[B-](F)(F)F. The van der Waals surface area contributed by atoms with Crippen molar-refractivity contribution in [2.75, 3.05) is 6.61 Å². The normalized spacial score (nSPS) is 11.2. The molecule has 5 heteroatoms. The summed E-state index contributed by atoms with van der Waals surface area (Å²) in [5.74, 6) is 0.427. The average molecular weight is 215 g/mol. The first-order valence-corrected chi connectivity index (χ1v) is 4.46. The molecule has 1 nitrogen and oxygen atoms in total. The van der Waals surface area contributed by atoms with Gasteiger partial charge in [-0.2, -0.15) is 0 Å². The van der Waals surface area contributed by atoms with Crippen LogP contribution in [0.4, 0.5) is 12.9 Å². The molecule has 0 N–H and O–H groups in total. The Labute approximate surface area is 86.6 Å². The maximum atomic E-state index is 12.1. The molecule has 0 saturated heterocycles. The Bertz CT molecular complexity index is 360. The van der Waals surface area contributed by atoms with E-state index in [9.17, 15) is 12.9 Å². The van der Waals surface area contributed by atoms with Crippen molar-refractivity contribution in [3.8, 4) is 5.75 Å². The smallest absolute Gasteiger partial charge is 0.492 e. The first-order valence-electron chi connectivity index (χ1n) is 4.46. The van der Waals surface area contributed by atoms with Crippen LogP contribution in [-0.2, 0) is 0 Å². The molecule has 0 heterocycles. The molecule has 0 aliphatic heterocycles. The van der Waals surface area contributed by atoms with Crippen LogP contribution in [0.2, 0.25) is 0 Å². The van der Waals surface area contributed by atoms with Crippen LogP contribution in [0.5, 0.6) is 5.75 Å². The van der Waals surface area contributed by atoms with E-state index in [4.69, 9.17) is 4.74 Å². The topological polar surface area (TPSA) is 9.23 Å². The first kappa shape index (κ1) is 11.7. The standard InChI is InChI=1S/C10H11BF3O/c1-8-4-3-5-10(6-8)15-7-9(2)11(12,13)14/h3-6H,2,7H2,1H3/q-1. The first-order chi connectivity index (χ1) is 6.89. The van der Waals surface area contributed by atoms with Gasteiger partial charge in [0.25, 0.3) is 0 Å². The molecule has 0 spiro atoms. The van der Waals surface area contributed by atoms with Gasteiger partial charge in [-0.25, -0.2) is 0 Å². The van der Waals surface area contributed by atoms with Crippen LogP contribution in [-0.4, -0.2) is 13.6 Å². The van der Waals surface area contributed by atoms with E-state index in [2.05, 4.69) is 6.58 Å². The molecule has 0 aliphatic carbocycles. The number of rotatable bonds is 4. The molecule has 0 radical (unpaired) electrons. The minimum absolute atomic E-state index is 0.427. The minimum Gasteiger partial charge on any atom is -0.492 e. The summed E-state index contributed by atoms with van der Waals surface area (Å²) < 4.78 is 41.3. The molecular formula is C10H11BF3O-. The molecule has 0 aromatic heterocycles. The Morgan fingerprint density at radius 3 is 2.60 bits per heavy atom. The highest BCUT2D eigenvalue weighted by atomic mass is 19.4. The quantitative estimate of drug-likeness (QED) is 0.700. The molecule has 0 amide bonds. The van der Waals surface area contributed by atoms with Crippen LogP contribution >= 0.6 is 0 Å². The third kappa shape index (κ3) is 3.69. The van der Waals surface area contributed by atoms with E-state index in [0.29, 0.717) is 5.75 Å². The van der Waals surface area contributed by atoms with Crippen molar-refractivity contribution in [3.63, 3.8) is 0 Å². The predicted octanol–water partition coefficient (Wildman–Crippen LogP) is 3.32. The third-order valence-corrected chi connectivity index (χ3v) is 1.88. The second-order valence-electron chi connectivity index (χ2n) is 3.34. The molecule has 1 aromatic rings. The van der Waals surface area contributed by atoms with Gasteiger partial charge in [-0.15, -0.1) is 12.1 Å². The van der Waals surface area contributed by atoms with Crippen molar-refractivity contribution in [3.05, 3.63) is 41.9 Å². The van der Waals surface area contributed by atoms with Gasteiger partial charge in [-0.05, 0) is 24.6 Å². The van der Waals surface area contributed by atoms with Gasteiger partial charge in [0.05, 0.1) is 6.61 Å². The lowest BCUT2D eigenvalue weighted by atomic mass is 9.81. The van der Waals surface area contributed by atoms with Gasteiger partial charge in [0, 0.05) is 0 Å². The summed E-state index contributed by atoms with van der Waals surface area (Å²) >= 11 is 0. The summed E-state index contributed by atoms with van der Waals surface area (Å²) in [5.41, 5.74) is 0.118. The molecule has 82 valence electrons. The maximum absolute atomic E-state index is 12.1. The lowest BCUT2D eigenvalue weighted by Crippen LogP contribution is -2.23. The van der Waals surface area contributed by atoms with Gasteiger partial charge in [-0.3, -0.25) is 0 Å². The Morgan fingerprint density at radius 1 is 1.40 bits per heavy atom. The van der Waals surface area contributed by atoms with E-state index >= 15 is 0 Å². The van der Waals surface area contributed by atoms with Crippen LogP contribution in [0.25, 0.3) is 0 Å². The lowest BCUT2D eigenvalue weighted by molar-refractivity contribution is 0.346. The third-order valence-electron chi connectivity index (χ3n) is 1.88. The lowest BCUT2D eigenvalue weighted by Gasteiger charge is -2.18. The van der Waals surface area contributed by atoms with Crippen LogP contribution in [0.3, 0.4) is 0 Å². The molecule has 1 aromatic carbocycles. The van der Waals surface area contributed by atoms with Gasteiger partial charge in [0.2, 0.25) is 0 Å². The van der Waals surface area contributed by atoms with Crippen molar-refractivity contribution < 1.29 is 17.7 Å². The summed E-state index contributed by atoms with van der Waals surface area (Å²) in [4.78, 5) is 0. The molecule has 0 atom stereocenters. The second-order valence-corrected chi connectivity index (χ2v) is 3.34.